The fourth-order valence-electron chi connectivity index (χ4n) is 0.748. The van der Waals surface area contributed by atoms with Gasteiger partial charge in [-0.25, -0.2) is 4.79 Å². The number of aliphatic hydroxyl groups is 2. The Labute approximate surface area is 84.1 Å². The van der Waals surface area contributed by atoms with Crippen LogP contribution in [0.5, 0.6) is 0 Å². The van der Waals surface area contributed by atoms with Crippen LogP contribution in [0.1, 0.15) is 27.7 Å². The molecule has 0 radical (unpaired) electrons. The molecular formula is C9H19NO4. The molecule has 0 bridgehead atoms. The second-order valence-electron chi connectivity index (χ2n) is 4.18. The van der Waals surface area contributed by atoms with Gasteiger partial charge in [-0.15, -0.1) is 0 Å². The summed E-state index contributed by atoms with van der Waals surface area (Å²) in [4.78, 5) is 11.2. The molecule has 0 saturated carbocycles. The summed E-state index contributed by atoms with van der Waals surface area (Å²) in [6.45, 7) is 6.45. The number of amides is 1. The minimum absolute atomic E-state index is 0.392. The van der Waals surface area contributed by atoms with Crippen molar-refractivity contribution < 1.29 is 19.7 Å². The molecule has 0 rings (SSSR count). The lowest BCUT2D eigenvalue weighted by Gasteiger charge is -2.23. The van der Waals surface area contributed by atoms with Crippen LogP contribution in [0.3, 0.4) is 0 Å². The number of alkyl carbamates (subject to hydrolysis) is 1. The third-order valence-corrected chi connectivity index (χ3v) is 1.51. The maximum Gasteiger partial charge on any atom is 0.407 e. The summed E-state index contributed by atoms with van der Waals surface area (Å²) in [7, 11) is 0. The number of hydrogen-bond donors (Lipinski definition) is 3. The van der Waals surface area contributed by atoms with E-state index in [9.17, 15) is 4.79 Å². The zero-order chi connectivity index (χ0) is 11.4. The Balaban J connectivity index is 3.95. The Bertz CT molecular complexity index is 188. The molecule has 0 aliphatic rings. The molecule has 1 amide bonds. The van der Waals surface area contributed by atoms with Crippen LogP contribution < -0.4 is 5.32 Å². The highest BCUT2D eigenvalue weighted by atomic mass is 16.6. The molecule has 0 spiro atoms. The van der Waals surface area contributed by atoms with E-state index in [1.54, 1.807) is 27.7 Å². The summed E-state index contributed by atoms with van der Waals surface area (Å²) in [6, 6.07) is -0.533. The van der Waals surface area contributed by atoms with Gasteiger partial charge < -0.3 is 20.3 Å². The Hall–Kier alpha value is -0.810. The maximum atomic E-state index is 11.2. The standard InChI is InChI=1S/C9H19NO4/c1-6(7(12)5-11)10-8(13)14-9(2,3)4/h6-7,11-12H,5H2,1-4H3,(H,10,13)/t6-,7+/m1/s1. The largest absolute Gasteiger partial charge is 0.444 e. The smallest absolute Gasteiger partial charge is 0.407 e. The monoisotopic (exact) mass is 205 g/mol. The van der Waals surface area contributed by atoms with Crippen LogP contribution in [0.2, 0.25) is 0 Å². The van der Waals surface area contributed by atoms with Crippen LogP contribution in [0, 0.1) is 0 Å². The zero-order valence-corrected chi connectivity index (χ0v) is 9.07. The van der Waals surface area contributed by atoms with Crippen LogP contribution in [0.4, 0.5) is 4.79 Å². The van der Waals surface area contributed by atoms with Crippen LogP contribution in [0.25, 0.3) is 0 Å². The number of aliphatic hydroxyl groups excluding tert-OH is 2. The molecule has 3 N–H and O–H groups in total. The van der Waals surface area contributed by atoms with Crippen LogP contribution >= 0.6 is 0 Å². The van der Waals surface area contributed by atoms with Crippen molar-refractivity contribution in [3.05, 3.63) is 0 Å². The van der Waals surface area contributed by atoms with Crippen LogP contribution in [-0.4, -0.2) is 40.7 Å². The number of carbonyl (C=O) groups excluding carboxylic acids is 1. The highest BCUT2D eigenvalue weighted by Gasteiger charge is 2.20. The Morgan fingerprint density at radius 1 is 1.50 bits per heavy atom. The lowest BCUT2D eigenvalue weighted by Crippen LogP contribution is -2.44. The SMILES string of the molecule is C[C@@H](NC(=O)OC(C)(C)C)[C@@H](O)CO. The minimum atomic E-state index is -0.970. The summed E-state index contributed by atoms with van der Waals surface area (Å²) in [5.41, 5.74) is -0.562. The Kier molecular flexibility index (Phi) is 4.87. The first-order valence-corrected chi connectivity index (χ1v) is 4.54. The molecule has 0 aliphatic carbocycles. The van der Waals surface area contributed by atoms with Gasteiger partial charge in [0, 0.05) is 0 Å². The van der Waals surface area contributed by atoms with Gasteiger partial charge in [0.05, 0.1) is 18.8 Å². The van der Waals surface area contributed by atoms with Crippen molar-refractivity contribution in [1.82, 2.24) is 5.32 Å². The van der Waals surface area contributed by atoms with Gasteiger partial charge in [0.25, 0.3) is 0 Å². The van der Waals surface area contributed by atoms with Gasteiger partial charge in [-0.1, -0.05) is 0 Å². The number of carbonyl (C=O) groups is 1. The van der Waals surface area contributed by atoms with Gasteiger partial charge in [0.2, 0.25) is 0 Å². The van der Waals surface area contributed by atoms with E-state index in [2.05, 4.69) is 5.32 Å². The molecule has 0 aliphatic heterocycles. The predicted octanol–water partition coefficient (Wildman–Crippen LogP) is 0.253. The molecule has 0 saturated heterocycles. The van der Waals surface area contributed by atoms with Crippen molar-refractivity contribution in [2.24, 2.45) is 0 Å². The highest BCUT2D eigenvalue weighted by molar-refractivity contribution is 5.68. The minimum Gasteiger partial charge on any atom is -0.444 e. The maximum absolute atomic E-state index is 11.2. The highest BCUT2D eigenvalue weighted by Crippen LogP contribution is 2.07. The second-order valence-corrected chi connectivity index (χ2v) is 4.18. The molecule has 0 aromatic rings. The van der Waals surface area contributed by atoms with Crippen LogP contribution in [0.15, 0.2) is 0 Å². The molecule has 5 heteroatoms. The van der Waals surface area contributed by atoms with Gasteiger partial charge in [0.1, 0.15) is 5.60 Å². The van der Waals surface area contributed by atoms with Gasteiger partial charge in [-0.05, 0) is 27.7 Å². The summed E-state index contributed by atoms with van der Waals surface area (Å²) in [5, 5.41) is 20.2. The molecule has 0 aromatic heterocycles. The van der Waals surface area contributed by atoms with Crippen molar-refractivity contribution in [2.45, 2.75) is 45.4 Å². The van der Waals surface area contributed by atoms with Crippen LogP contribution in [-0.2, 0) is 4.74 Å². The van der Waals surface area contributed by atoms with E-state index >= 15 is 0 Å². The molecule has 0 fully saturated rings. The molecular weight excluding hydrogens is 186 g/mol. The molecule has 0 unspecified atom stereocenters. The molecule has 2 atom stereocenters. The first-order valence-electron chi connectivity index (χ1n) is 4.54. The summed E-state index contributed by atoms with van der Waals surface area (Å²) in [6.07, 6.45) is -1.57. The van der Waals surface area contributed by atoms with Gasteiger partial charge >= 0.3 is 6.09 Å². The van der Waals surface area contributed by atoms with Gasteiger partial charge in [-0.3, -0.25) is 0 Å². The fourth-order valence-corrected chi connectivity index (χ4v) is 0.748. The number of nitrogens with one attached hydrogen (secondary N) is 1. The number of rotatable bonds is 3. The normalized spacial score (nSPS) is 15.9. The third kappa shape index (κ3) is 5.77. The quantitative estimate of drug-likeness (QED) is 0.617. The van der Waals surface area contributed by atoms with Crippen molar-refractivity contribution in [3.63, 3.8) is 0 Å². The predicted molar refractivity (Wildman–Crippen MR) is 51.9 cm³/mol. The second kappa shape index (κ2) is 5.17. The van der Waals surface area contributed by atoms with Crippen molar-refractivity contribution >= 4 is 6.09 Å². The van der Waals surface area contributed by atoms with E-state index < -0.39 is 30.4 Å². The van der Waals surface area contributed by atoms with E-state index in [0.717, 1.165) is 0 Å². The van der Waals surface area contributed by atoms with Crippen molar-refractivity contribution in [1.29, 1.82) is 0 Å². The lowest BCUT2D eigenvalue weighted by molar-refractivity contribution is 0.0347. The van der Waals surface area contributed by atoms with E-state index in [1.807, 2.05) is 0 Å². The van der Waals surface area contributed by atoms with Crippen molar-refractivity contribution in [2.75, 3.05) is 6.61 Å². The molecule has 0 heterocycles. The Morgan fingerprint density at radius 2 is 2.00 bits per heavy atom. The summed E-state index contributed by atoms with van der Waals surface area (Å²) >= 11 is 0. The average molecular weight is 205 g/mol. The number of ether oxygens (including phenoxy) is 1. The molecule has 5 nitrogen and oxygen atoms in total. The van der Waals surface area contributed by atoms with E-state index in [4.69, 9.17) is 14.9 Å². The zero-order valence-electron chi connectivity index (χ0n) is 9.07. The number of hydrogen-bond acceptors (Lipinski definition) is 4. The van der Waals surface area contributed by atoms with E-state index in [0.29, 0.717) is 0 Å². The average Bonchev–Trinajstić information content (AvgIpc) is 1.99. The van der Waals surface area contributed by atoms with Gasteiger partial charge in [0.15, 0.2) is 0 Å². The van der Waals surface area contributed by atoms with E-state index in [1.165, 1.54) is 0 Å². The van der Waals surface area contributed by atoms with Crippen molar-refractivity contribution in [3.8, 4) is 0 Å². The summed E-state index contributed by atoms with van der Waals surface area (Å²) in [5.74, 6) is 0. The topological polar surface area (TPSA) is 78.8 Å². The van der Waals surface area contributed by atoms with Gasteiger partial charge in [-0.2, -0.15) is 0 Å². The fraction of sp³-hybridized carbons (Fsp3) is 0.889. The lowest BCUT2D eigenvalue weighted by atomic mass is 10.2. The first-order chi connectivity index (χ1) is 6.26. The first kappa shape index (κ1) is 13.2. The molecule has 84 valence electrons. The molecule has 14 heavy (non-hydrogen) atoms. The Morgan fingerprint density at radius 3 is 2.36 bits per heavy atom. The molecule has 0 aromatic carbocycles. The summed E-state index contributed by atoms with van der Waals surface area (Å²) < 4.78 is 4.96. The van der Waals surface area contributed by atoms with E-state index in [-0.39, 0.29) is 0 Å². The third-order valence-electron chi connectivity index (χ3n) is 1.51.